The van der Waals surface area contributed by atoms with Gasteiger partial charge >= 0.3 is 7.60 Å². The lowest BCUT2D eigenvalue weighted by Gasteiger charge is -2.35. The monoisotopic (exact) mass is 460 g/mol. The molecule has 0 rings (SSSR count). The first-order valence-corrected chi connectivity index (χ1v) is 14.8. The van der Waals surface area contributed by atoms with Crippen molar-refractivity contribution in [3.05, 3.63) is 12.2 Å². The highest BCUT2D eigenvalue weighted by Crippen LogP contribution is 2.51. The van der Waals surface area contributed by atoms with Gasteiger partial charge in [0.25, 0.3) is 0 Å². The number of nitrogens with zero attached hydrogens (tertiary/aromatic N) is 1. The number of hydrogen-bond donors (Lipinski definition) is 1. The van der Waals surface area contributed by atoms with Crippen LogP contribution in [0.3, 0.4) is 0 Å². The molecule has 2 atom stereocenters. The van der Waals surface area contributed by atoms with Crippen LogP contribution in [0.2, 0.25) is 0 Å². The Labute approximate surface area is 195 Å². The van der Waals surface area contributed by atoms with Crippen LogP contribution in [0.5, 0.6) is 0 Å². The average Bonchev–Trinajstić information content (AvgIpc) is 2.70. The molecule has 0 aromatic rings. The molecule has 0 saturated heterocycles. The molecule has 0 spiro atoms. The molecule has 2 unspecified atom stereocenters. The number of unbranched alkanes of at least 4 members (excludes halogenated alkanes) is 13. The molecule has 0 aliphatic heterocycles. The second-order valence-electron chi connectivity index (χ2n) is 10.1. The summed E-state index contributed by atoms with van der Waals surface area (Å²) < 4.78 is 18.6. The smallest absolute Gasteiger partial charge is 0.320 e. The number of allylic oxidation sites excluding steroid dienone is 2. The Hall–Kier alpha value is -0.150. The zero-order chi connectivity index (χ0) is 23.4. The van der Waals surface area contributed by atoms with E-state index in [0.29, 0.717) is 17.5 Å². The lowest BCUT2D eigenvalue weighted by atomic mass is 10.1. The van der Waals surface area contributed by atoms with E-state index in [1.807, 2.05) is 28.1 Å². The Kier molecular flexibility index (Phi) is 19.2. The maximum atomic E-state index is 12.6. The highest BCUT2D eigenvalue weighted by Gasteiger charge is 2.41. The third kappa shape index (κ3) is 18.0. The van der Waals surface area contributed by atoms with Crippen LogP contribution < -0.4 is 0 Å². The SMILES string of the molecule is CCCCCCCCCCCCC=CCCCCCOP(=O)(O)C(CCC)[N+](C)(C)C. The molecule has 4 nitrogen and oxygen atoms in total. The predicted octanol–water partition coefficient (Wildman–Crippen LogP) is 8.45. The fourth-order valence-electron chi connectivity index (χ4n) is 4.05. The van der Waals surface area contributed by atoms with Crippen molar-refractivity contribution in [3.63, 3.8) is 0 Å². The van der Waals surface area contributed by atoms with Crippen LogP contribution in [0, 0.1) is 0 Å². The first-order chi connectivity index (χ1) is 14.8. The molecule has 0 saturated carbocycles. The molecule has 1 N–H and O–H groups in total. The van der Waals surface area contributed by atoms with Crippen molar-refractivity contribution >= 4 is 7.60 Å². The molecule has 0 amide bonds. The highest BCUT2D eigenvalue weighted by molar-refractivity contribution is 7.53. The minimum absolute atomic E-state index is 0.341. The topological polar surface area (TPSA) is 46.5 Å². The van der Waals surface area contributed by atoms with E-state index in [4.69, 9.17) is 4.52 Å². The molecule has 0 aromatic carbocycles. The number of hydrogen-bond acceptors (Lipinski definition) is 2. The van der Waals surface area contributed by atoms with Crippen molar-refractivity contribution in [3.8, 4) is 0 Å². The van der Waals surface area contributed by atoms with Crippen LogP contribution in [0.1, 0.15) is 123 Å². The molecule has 0 aliphatic carbocycles. The van der Waals surface area contributed by atoms with Gasteiger partial charge in [0.05, 0.1) is 27.7 Å². The predicted molar refractivity (Wildman–Crippen MR) is 137 cm³/mol. The zero-order valence-corrected chi connectivity index (χ0v) is 22.5. The third-order valence-electron chi connectivity index (χ3n) is 6.00. The summed E-state index contributed by atoms with van der Waals surface area (Å²) in [6.45, 7) is 4.71. The molecule has 0 bridgehead atoms. The highest BCUT2D eigenvalue weighted by atomic mass is 31.2. The quantitative estimate of drug-likeness (QED) is 0.0763. The van der Waals surface area contributed by atoms with E-state index < -0.39 is 7.60 Å². The van der Waals surface area contributed by atoms with Gasteiger partial charge in [0, 0.05) is 6.42 Å². The second kappa shape index (κ2) is 19.3. The average molecular weight is 461 g/mol. The summed E-state index contributed by atoms with van der Waals surface area (Å²) in [6, 6.07) is 0. The molecular formula is C26H55NO3P+. The lowest BCUT2D eigenvalue weighted by molar-refractivity contribution is -0.883. The Morgan fingerprint density at radius 2 is 1.19 bits per heavy atom. The van der Waals surface area contributed by atoms with E-state index in [0.717, 1.165) is 32.1 Å². The first kappa shape index (κ1) is 30.9. The standard InChI is InChI=1S/C26H54NO3P/c1-6-8-9-10-11-12-13-14-15-16-17-18-19-20-21-22-23-25-30-31(28,29)26(24-7-2)27(3,4)5/h18-19,26H,6-17,20-25H2,1-5H3/p+1. The van der Waals surface area contributed by atoms with E-state index in [-0.39, 0.29) is 5.78 Å². The van der Waals surface area contributed by atoms with Gasteiger partial charge in [0.15, 0.2) is 5.78 Å². The summed E-state index contributed by atoms with van der Waals surface area (Å²) in [5, 5.41) is 0. The Morgan fingerprint density at radius 1 is 0.742 bits per heavy atom. The summed E-state index contributed by atoms with van der Waals surface area (Å²) in [4.78, 5) is 10.4. The van der Waals surface area contributed by atoms with E-state index >= 15 is 0 Å². The molecule has 0 aliphatic rings. The van der Waals surface area contributed by atoms with Crippen LogP contribution in [-0.2, 0) is 9.09 Å². The molecule has 0 fully saturated rings. The van der Waals surface area contributed by atoms with Gasteiger partial charge in [0.2, 0.25) is 0 Å². The Morgan fingerprint density at radius 3 is 1.65 bits per heavy atom. The van der Waals surface area contributed by atoms with E-state index in [9.17, 15) is 9.46 Å². The van der Waals surface area contributed by atoms with Crippen molar-refractivity contribution < 1.29 is 18.5 Å². The van der Waals surface area contributed by atoms with E-state index in [1.54, 1.807) is 0 Å². The van der Waals surface area contributed by atoms with Crippen molar-refractivity contribution in [1.29, 1.82) is 0 Å². The molecule has 31 heavy (non-hydrogen) atoms. The van der Waals surface area contributed by atoms with Crippen molar-refractivity contribution in [2.75, 3.05) is 27.7 Å². The van der Waals surface area contributed by atoms with Gasteiger partial charge in [-0.1, -0.05) is 90.2 Å². The van der Waals surface area contributed by atoms with Gasteiger partial charge in [-0.05, 0) is 38.5 Å². The summed E-state index contributed by atoms with van der Waals surface area (Å²) in [5.41, 5.74) is 0. The molecule has 0 radical (unpaired) electrons. The minimum Gasteiger partial charge on any atom is -0.320 e. The first-order valence-electron chi connectivity index (χ1n) is 13.2. The maximum absolute atomic E-state index is 12.6. The van der Waals surface area contributed by atoms with Crippen molar-refractivity contribution in [2.45, 2.75) is 129 Å². The molecule has 0 aromatic heterocycles. The lowest BCUT2D eigenvalue weighted by Crippen LogP contribution is -2.45. The third-order valence-corrected chi connectivity index (χ3v) is 8.26. The van der Waals surface area contributed by atoms with Gasteiger partial charge in [-0.3, -0.25) is 4.57 Å². The molecule has 0 heterocycles. The minimum atomic E-state index is -3.57. The molecular weight excluding hydrogens is 405 g/mol. The van der Waals surface area contributed by atoms with Crippen molar-refractivity contribution in [1.82, 2.24) is 0 Å². The van der Waals surface area contributed by atoms with Crippen LogP contribution >= 0.6 is 7.60 Å². The fourth-order valence-corrected chi connectivity index (χ4v) is 6.08. The zero-order valence-electron chi connectivity index (χ0n) is 21.6. The van der Waals surface area contributed by atoms with Gasteiger partial charge < -0.3 is 13.9 Å². The van der Waals surface area contributed by atoms with Gasteiger partial charge in [-0.2, -0.15) is 0 Å². The summed E-state index contributed by atoms with van der Waals surface area (Å²) >= 11 is 0. The summed E-state index contributed by atoms with van der Waals surface area (Å²) in [5.74, 6) is -0.341. The van der Waals surface area contributed by atoms with Crippen molar-refractivity contribution in [2.24, 2.45) is 0 Å². The van der Waals surface area contributed by atoms with Crippen LogP contribution in [0.4, 0.5) is 0 Å². The van der Waals surface area contributed by atoms with Gasteiger partial charge in [-0.25, -0.2) is 0 Å². The molecule has 186 valence electrons. The Balaban J connectivity index is 3.60. The summed E-state index contributed by atoms with van der Waals surface area (Å²) in [6.07, 6.45) is 25.5. The van der Waals surface area contributed by atoms with E-state index in [2.05, 4.69) is 19.1 Å². The van der Waals surface area contributed by atoms with Gasteiger partial charge in [0.1, 0.15) is 0 Å². The number of rotatable bonds is 22. The van der Waals surface area contributed by atoms with Gasteiger partial charge in [-0.15, -0.1) is 0 Å². The summed E-state index contributed by atoms with van der Waals surface area (Å²) in [7, 11) is 2.33. The van der Waals surface area contributed by atoms with Crippen LogP contribution in [-0.4, -0.2) is 42.9 Å². The van der Waals surface area contributed by atoms with E-state index in [1.165, 1.54) is 70.6 Å². The number of quaternary nitrogens is 1. The van der Waals surface area contributed by atoms with Crippen LogP contribution in [0.25, 0.3) is 0 Å². The largest absolute Gasteiger partial charge is 0.385 e. The normalized spacial score (nSPS) is 15.4. The Bertz CT molecular complexity index is 474. The fraction of sp³-hybridized carbons (Fsp3) is 0.923. The maximum Gasteiger partial charge on any atom is 0.385 e. The van der Waals surface area contributed by atoms with Crippen LogP contribution in [0.15, 0.2) is 12.2 Å². The second-order valence-corrected chi connectivity index (χ2v) is 12.1. The molecule has 5 heteroatoms.